The summed E-state index contributed by atoms with van der Waals surface area (Å²) in [5, 5.41) is 4.59. The summed E-state index contributed by atoms with van der Waals surface area (Å²) in [7, 11) is 0. The first-order valence-corrected chi connectivity index (χ1v) is 10.6. The minimum absolute atomic E-state index is 0.000289. The second-order valence-electron chi connectivity index (χ2n) is 6.75. The van der Waals surface area contributed by atoms with E-state index in [2.05, 4.69) is 10.5 Å². The van der Waals surface area contributed by atoms with E-state index in [-0.39, 0.29) is 5.56 Å². The molecule has 0 atom stereocenters. The number of nitrogens with one attached hydrogen (secondary N) is 1. The zero-order valence-electron chi connectivity index (χ0n) is 17.9. The molecule has 7 nitrogen and oxygen atoms in total. The Balaban J connectivity index is 1.71. The molecule has 0 aliphatic heterocycles. The van der Waals surface area contributed by atoms with Crippen molar-refractivity contribution in [2.24, 2.45) is 5.10 Å². The van der Waals surface area contributed by atoms with Gasteiger partial charge in [-0.25, -0.2) is 5.43 Å². The van der Waals surface area contributed by atoms with Gasteiger partial charge in [0.15, 0.2) is 11.5 Å². The van der Waals surface area contributed by atoms with Crippen LogP contribution < -0.4 is 20.5 Å². The van der Waals surface area contributed by atoms with Crippen LogP contribution in [-0.2, 0) is 6.54 Å². The molecule has 8 heteroatoms. The number of nitrogens with zero attached hydrogens (tertiary/aromatic N) is 2. The molecule has 1 heterocycles. The number of amides is 1. The first-order chi connectivity index (χ1) is 15.5. The maximum Gasteiger partial charge on any atom is 0.276 e. The number of halogens is 1. The van der Waals surface area contributed by atoms with Gasteiger partial charge in [0.25, 0.3) is 11.5 Å². The highest BCUT2D eigenvalue weighted by Crippen LogP contribution is 2.27. The van der Waals surface area contributed by atoms with Crippen LogP contribution in [0.2, 0.25) is 5.02 Å². The van der Waals surface area contributed by atoms with Gasteiger partial charge in [-0.15, -0.1) is 0 Å². The summed E-state index contributed by atoms with van der Waals surface area (Å²) in [6.45, 7) is 5.13. The van der Waals surface area contributed by atoms with Crippen molar-refractivity contribution in [3.63, 3.8) is 0 Å². The average molecular weight is 454 g/mol. The minimum Gasteiger partial charge on any atom is -0.490 e. The molecule has 0 spiro atoms. The molecule has 3 aromatic rings. The number of ether oxygens (including phenoxy) is 2. The van der Waals surface area contributed by atoms with Crippen LogP contribution in [0, 0.1) is 0 Å². The number of carbonyl (C=O) groups excluding carboxylic acids is 1. The number of aromatic nitrogens is 1. The molecule has 0 aliphatic rings. The molecular weight excluding hydrogens is 430 g/mol. The van der Waals surface area contributed by atoms with E-state index in [1.807, 2.05) is 26.0 Å². The summed E-state index contributed by atoms with van der Waals surface area (Å²) in [5.74, 6) is 0.645. The molecule has 0 saturated carbocycles. The lowest BCUT2D eigenvalue weighted by Crippen LogP contribution is -2.30. The first kappa shape index (κ1) is 23.1. The number of benzene rings is 2. The largest absolute Gasteiger partial charge is 0.490 e. The molecule has 0 bridgehead atoms. The van der Waals surface area contributed by atoms with E-state index in [0.717, 1.165) is 5.56 Å². The maximum atomic E-state index is 12.7. The van der Waals surface area contributed by atoms with Crippen molar-refractivity contribution in [3.8, 4) is 11.5 Å². The maximum absolute atomic E-state index is 12.7. The van der Waals surface area contributed by atoms with Crippen LogP contribution in [-0.4, -0.2) is 29.9 Å². The van der Waals surface area contributed by atoms with E-state index >= 15 is 0 Å². The summed E-state index contributed by atoms with van der Waals surface area (Å²) in [6.07, 6.45) is 3.11. The molecule has 0 fully saturated rings. The number of carbonyl (C=O) groups is 1. The Morgan fingerprint density at radius 2 is 1.78 bits per heavy atom. The van der Waals surface area contributed by atoms with E-state index in [1.54, 1.807) is 42.6 Å². The topological polar surface area (TPSA) is 81.9 Å². The molecule has 0 saturated heterocycles. The number of hydrazone groups is 1. The van der Waals surface area contributed by atoms with Gasteiger partial charge in [0.05, 0.1) is 26.0 Å². The van der Waals surface area contributed by atoms with Crippen molar-refractivity contribution in [1.82, 2.24) is 9.99 Å². The van der Waals surface area contributed by atoms with Crippen molar-refractivity contribution in [1.29, 1.82) is 0 Å². The van der Waals surface area contributed by atoms with E-state index in [1.165, 1.54) is 16.8 Å². The quantitative estimate of drug-likeness (QED) is 0.390. The molecule has 166 valence electrons. The molecule has 3 rings (SSSR count). The van der Waals surface area contributed by atoms with Crippen molar-refractivity contribution in [2.75, 3.05) is 13.2 Å². The van der Waals surface area contributed by atoms with Crippen LogP contribution in [0.15, 0.2) is 70.7 Å². The molecule has 0 radical (unpaired) electrons. The minimum atomic E-state index is -0.590. The van der Waals surface area contributed by atoms with Gasteiger partial charge < -0.3 is 14.0 Å². The fourth-order valence-corrected chi connectivity index (χ4v) is 3.12. The average Bonchev–Trinajstić information content (AvgIpc) is 2.78. The van der Waals surface area contributed by atoms with Gasteiger partial charge in [-0.3, -0.25) is 9.59 Å². The Hall–Kier alpha value is -3.58. The van der Waals surface area contributed by atoms with Crippen LogP contribution in [0.4, 0.5) is 0 Å². The lowest BCUT2D eigenvalue weighted by Gasteiger charge is -2.11. The van der Waals surface area contributed by atoms with Crippen molar-refractivity contribution >= 4 is 23.7 Å². The highest BCUT2D eigenvalue weighted by Gasteiger charge is 2.12. The van der Waals surface area contributed by atoms with Crippen LogP contribution in [0.25, 0.3) is 0 Å². The summed E-state index contributed by atoms with van der Waals surface area (Å²) >= 11 is 5.90. The van der Waals surface area contributed by atoms with E-state index in [0.29, 0.717) is 41.8 Å². The Labute approximate surface area is 191 Å². The van der Waals surface area contributed by atoms with Crippen molar-refractivity contribution in [2.45, 2.75) is 20.4 Å². The summed E-state index contributed by atoms with van der Waals surface area (Å²) in [6, 6.07) is 15.6. The SMILES string of the molecule is CCOc1ccc(/C=N\NC(=O)c2cccn(Cc3ccc(Cl)cc3)c2=O)cc1OCC. The molecule has 2 aromatic carbocycles. The normalized spacial score (nSPS) is 10.8. The fraction of sp³-hybridized carbons (Fsp3) is 0.208. The summed E-state index contributed by atoms with van der Waals surface area (Å²) in [5.41, 5.74) is 3.61. The monoisotopic (exact) mass is 453 g/mol. The number of rotatable bonds is 9. The van der Waals surface area contributed by atoms with Crippen LogP contribution in [0.3, 0.4) is 0 Å². The molecule has 1 N–H and O–H groups in total. The Morgan fingerprint density at radius 3 is 2.50 bits per heavy atom. The van der Waals surface area contributed by atoms with Crippen LogP contribution in [0.1, 0.15) is 35.3 Å². The third kappa shape index (κ3) is 5.98. The van der Waals surface area contributed by atoms with Gasteiger partial charge in [0.1, 0.15) is 5.56 Å². The highest BCUT2D eigenvalue weighted by atomic mass is 35.5. The molecule has 0 aliphatic carbocycles. The predicted molar refractivity (Wildman–Crippen MR) is 125 cm³/mol. The molecule has 1 aromatic heterocycles. The third-order valence-electron chi connectivity index (χ3n) is 4.48. The molecule has 32 heavy (non-hydrogen) atoms. The highest BCUT2D eigenvalue weighted by molar-refractivity contribution is 6.30. The smallest absolute Gasteiger partial charge is 0.276 e. The number of hydrogen-bond donors (Lipinski definition) is 1. The second-order valence-corrected chi connectivity index (χ2v) is 7.19. The molecular formula is C24H24ClN3O4. The third-order valence-corrected chi connectivity index (χ3v) is 4.73. The molecule has 1 amide bonds. The number of hydrogen-bond acceptors (Lipinski definition) is 5. The Kier molecular flexibility index (Phi) is 8.05. The van der Waals surface area contributed by atoms with Crippen molar-refractivity contribution < 1.29 is 14.3 Å². The van der Waals surface area contributed by atoms with Gasteiger partial charge in [-0.2, -0.15) is 5.10 Å². The first-order valence-electron chi connectivity index (χ1n) is 10.2. The fourth-order valence-electron chi connectivity index (χ4n) is 2.99. The van der Waals surface area contributed by atoms with Crippen LogP contribution in [0.5, 0.6) is 11.5 Å². The molecule has 0 unspecified atom stereocenters. The Morgan fingerprint density at radius 1 is 1.06 bits per heavy atom. The zero-order chi connectivity index (χ0) is 22.9. The van der Waals surface area contributed by atoms with Gasteiger partial charge in [0.2, 0.25) is 0 Å². The summed E-state index contributed by atoms with van der Waals surface area (Å²) < 4.78 is 12.6. The van der Waals surface area contributed by atoms with E-state index in [4.69, 9.17) is 21.1 Å². The van der Waals surface area contributed by atoms with E-state index in [9.17, 15) is 9.59 Å². The Bertz CT molecular complexity index is 1160. The summed E-state index contributed by atoms with van der Waals surface area (Å²) in [4.78, 5) is 25.2. The van der Waals surface area contributed by atoms with Gasteiger partial charge in [0, 0.05) is 11.2 Å². The lowest BCUT2D eigenvalue weighted by molar-refractivity contribution is 0.0953. The van der Waals surface area contributed by atoms with Gasteiger partial charge in [-0.05, 0) is 67.4 Å². The number of pyridine rings is 1. The standard InChI is InChI=1S/C24H24ClN3O4/c1-3-31-21-12-9-18(14-22(21)32-4-2)15-26-27-23(29)20-6-5-13-28(24(20)30)16-17-7-10-19(25)11-8-17/h5-15H,3-4,16H2,1-2H3,(H,27,29)/b26-15-. The van der Waals surface area contributed by atoms with E-state index < -0.39 is 11.5 Å². The van der Waals surface area contributed by atoms with Crippen molar-refractivity contribution in [3.05, 3.63) is 92.9 Å². The van der Waals surface area contributed by atoms with Gasteiger partial charge >= 0.3 is 0 Å². The van der Waals surface area contributed by atoms with Crippen LogP contribution >= 0.6 is 11.6 Å². The second kappa shape index (κ2) is 11.2. The zero-order valence-corrected chi connectivity index (χ0v) is 18.6. The predicted octanol–water partition coefficient (Wildman–Crippen LogP) is 4.11. The van der Waals surface area contributed by atoms with Gasteiger partial charge in [-0.1, -0.05) is 23.7 Å². The lowest BCUT2D eigenvalue weighted by atomic mass is 10.2.